The highest BCUT2D eigenvalue weighted by molar-refractivity contribution is 5.91. The van der Waals surface area contributed by atoms with E-state index in [9.17, 15) is 19.2 Å². The monoisotopic (exact) mass is 754 g/mol. The zero-order valence-corrected chi connectivity index (χ0v) is 32.3. The molecule has 9 nitrogen and oxygen atoms in total. The van der Waals surface area contributed by atoms with Crippen LogP contribution in [0.15, 0.2) is 91.5 Å². The van der Waals surface area contributed by atoms with Gasteiger partial charge in [0.15, 0.2) is 0 Å². The molecule has 296 valence electrons. The molecule has 0 unspecified atom stereocenters. The van der Waals surface area contributed by atoms with Crippen molar-refractivity contribution in [3.8, 4) is 16.9 Å². The second kappa shape index (κ2) is 25.3. The van der Waals surface area contributed by atoms with Crippen LogP contribution in [0.1, 0.15) is 125 Å². The molecule has 0 aliphatic heterocycles. The van der Waals surface area contributed by atoms with Crippen molar-refractivity contribution in [2.75, 3.05) is 26.4 Å². The third kappa shape index (κ3) is 17.1. The number of hydrogen-bond acceptors (Lipinski definition) is 9. The highest BCUT2D eigenvalue weighted by atomic mass is 16.5. The smallest absolute Gasteiger partial charge is 0.343 e. The molecular weight excluding hydrogens is 696 g/mol. The van der Waals surface area contributed by atoms with Crippen molar-refractivity contribution in [1.82, 2.24) is 0 Å². The summed E-state index contributed by atoms with van der Waals surface area (Å²) < 4.78 is 27.3. The summed E-state index contributed by atoms with van der Waals surface area (Å²) >= 11 is 0. The number of esters is 4. The van der Waals surface area contributed by atoms with E-state index in [1.165, 1.54) is 5.56 Å². The summed E-state index contributed by atoms with van der Waals surface area (Å²) in [5.74, 6) is -0.183. The fourth-order valence-electron chi connectivity index (χ4n) is 6.62. The van der Waals surface area contributed by atoms with Crippen molar-refractivity contribution in [3.63, 3.8) is 0 Å². The van der Waals surface area contributed by atoms with Gasteiger partial charge in [0.25, 0.3) is 0 Å². The summed E-state index contributed by atoms with van der Waals surface area (Å²) in [5, 5.41) is 0. The minimum Gasteiger partial charge on any atom is -0.466 e. The van der Waals surface area contributed by atoms with Crippen LogP contribution in [-0.2, 0) is 33.3 Å². The molecule has 3 aromatic rings. The molecule has 1 fully saturated rings. The summed E-state index contributed by atoms with van der Waals surface area (Å²) in [7, 11) is 0. The van der Waals surface area contributed by atoms with Crippen molar-refractivity contribution in [2.24, 2.45) is 0 Å². The van der Waals surface area contributed by atoms with Crippen LogP contribution in [0.3, 0.4) is 0 Å². The Morgan fingerprint density at radius 2 is 1.09 bits per heavy atom. The number of ether oxygens (including phenoxy) is 5. The standard InChI is InChI=1S/C46H58O9/c1-2-43(47)52-33-14-6-10-18-45(49)54-35-15-7-11-19-44(48)53-34-13-4-3-12-32-51-41-28-24-39(25-29-41)37-20-22-40(23-21-37)46(50)55-42-30-26-38(27-31-42)36-16-8-5-9-17-36/h2,5,8-9,16-17,20-23,26-27,30-31,39,41H,1,3-4,6-7,10-15,18-19,24-25,28-29,32-35H2. The zero-order valence-electron chi connectivity index (χ0n) is 32.3. The van der Waals surface area contributed by atoms with Crippen molar-refractivity contribution >= 4 is 23.9 Å². The second-order valence-electron chi connectivity index (χ2n) is 14.1. The predicted octanol–water partition coefficient (Wildman–Crippen LogP) is 10.1. The third-order valence-electron chi connectivity index (χ3n) is 9.84. The lowest BCUT2D eigenvalue weighted by molar-refractivity contribution is -0.145. The van der Waals surface area contributed by atoms with Crippen LogP contribution in [0.2, 0.25) is 0 Å². The Morgan fingerprint density at radius 3 is 1.67 bits per heavy atom. The minimum absolute atomic E-state index is 0.172. The maximum absolute atomic E-state index is 12.8. The molecule has 3 aromatic carbocycles. The van der Waals surface area contributed by atoms with Crippen molar-refractivity contribution in [2.45, 2.75) is 115 Å². The molecule has 0 aromatic heterocycles. The molecule has 0 radical (unpaired) electrons. The van der Waals surface area contributed by atoms with Crippen molar-refractivity contribution < 1.29 is 42.9 Å². The number of benzene rings is 3. The Balaban J connectivity index is 0.940. The van der Waals surface area contributed by atoms with Gasteiger partial charge in [-0.15, -0.1) is 0 Å². The van der Waals surface area contributed by atoms with E-state index < -0.39 is 5.97 Å². The Hall–Kier alpha value is -4.76. The van der Waals surface area contributed by atoms with Gasteiger partial charge in [-0.2, -0.15) is 0 Å². The molecule has 0 amide bonds. The molecule has 0 heterocycles. The minimum atomic E-state index is -0.432. The average molecular weight is 755 g/mol. The molecule has 0 bridgehead atoms. The predicted molar refractivity (Wildman–Crippen MR) is 213 cm³/mol. The molecular formula is C46H58O9. The topological polar surface area (TPSA) is 114 Å². The van der Waals surface area contributed by atoms with Crippen LogP contribution in [0.5, 0.6) is 5.75 Å². The quantitative estimate of drug-likeness (QED) is 0.0274. The Bertz CT molecular complexity index is 1580. The molecule has 0 atom stereocenters. The number of hydrogen-bond donors (Lipinski definition) is 0. The fourth-order valence-corrected chi connectivity index (χ4v) is 6.62. The van der Waals surface area contributed by atoms with Gasteiger partial charge in [-0.1, -0.05) is 67.6 Å². The lowest BCUT2D eigenvalue weighted by Crippen LogP contribution is -2.21. The highest BCUT2D eigenvalue weighted by Crippen LogP contribution is 2.34. The Morgan fingerprint density at radius 1 is 0.564 bits per heavy atom. The lowest BCUT2D eigenvalue weighted by Gasteiger charge is -2.29. The summed E-state index contributed by atoms with van der Waals surface area (Å²) in [5.41, 5.74) is 4.00. The molecule has 4 rings (SSSR count). The van der Waals surface area contributed by atoms with Gasteiger partial charge >= 0.3 is 23.9 Å². The molecule has 0 saturated heterocycles. The summed E-state index contributed by atoms with van der Waals surface area (Å²) in [6.07, 6.45) is 14.7. The van der Waals surface area contributed by atoms with E-state index in [1.807, 2.05) is 54.6 Å². The highest BCUT2D eigenvalue weighted by Gasteiger charge is 2.23. The first kappa shape index (κ1) is 43.0. The van der Waals surface area contributed by atoms with Gasteiger partial charge in [0, 0.05) is 25.5 Å². The largest absolute Gasteiger partial charge is 0.466 e. The first-order valence-electron chi connectivity index (χ1n) is 20.1. The molecule has 55 heavy (non-hydrogen) atoms. The summed E-state index contributed by atoms with van der Waals surface area (Å²) in [4.78, 5) is 47.6. The normalized spacial score (nSPS) is 15.1. The third-order valence-corrected chi connectivity index (χ3v) is 9.84. The van der Waals surface area contributed by atoms with Crippen LogP contribution in [0, 0.1) is 0 Å². The Labute approximate surface area is 326 Å². The van der Waals surface area contributed by atoms with E-state index >= 15 is 0 Å². The van der Waals surface area contributed by atoms with Crippen molar-refractivity contribution in [3.05, 3.63) is 103 Å². The number of carbonyl (C=O) groups excluding carboxylic acids is 4. The molecule has 1 aliphatic carbocycles. The van der Waals surface area contributed by atoms with Crippen LogP contribution in [-0.4, -0.2) is 56.4 Å². The van der Waals surface area contributed by atoms with Gasteiger partial charge in [-0.05, 0) is 130 Å². The van der Waals surface area contributed by atoms with E-state index in [0.29, 0.717) is 75.3 Å². The zero-order chi connectivity index (χ0) is 38.9. The average Bonchev–Trinajstić information content (AvgIpc) is 3.22. The number of unbranched alkanes of at least 4 members (excludes halogenated alkanes) is 7. The maximum atomic E-state index is 12.8. The van der Waals surface area contributed by atoms with Gasteiger partial charge in [0.05, 0.1) is 31.5 Å². The summed E-state index contributed by atoms with van der Waals surface area (Å²) in [6.45, 7) is 5.23. The van der Waals surface area contributed by atoms with E-state index in [4.69, 9.17) is 23.7 Å². The molecule has 0 spiro atoms. The SMILES string of the molecule is C=CC(=O)OCCCCCC(=O)OCCCCCC(=O)OCCCCCCOC1CCC(c2ccc(C(=O)Oc3ccc(-c4ccccc4)cc3)cc2)CC1. The molecule has 1 saturated carbocycles. The van der Waals surface area contributed by atoms with Gasteiger partial charge < -0.3 is 23.7 Å². The van der Waals surface area contributed by atoms with Crippen molar-refractivity contribution in [1.29, 1.82) is 0 Å². The van der Waals surface area contributed by atoms with Gasteiger partial charge in [0.2, 0.25) is 0 Å². The maximum Gasteiger partial charge on any atom is 0.343 e. The van der Waals surface area contributed by atoms with Crippen LogP contribution in [0.4, 0.5) is 0 Å². The van der Waals surface area contributed by atoms with E-state index in [2.05, 4.69) is 30.8 Å². The number of carbonyl (C=O) groups is 4. The first-order valence-corrected chi connectivity index (χ1v) is 20.1. The molecule has 1 aliphatic rings. The van der Waals surface area contributed by atoms with Crippen LogP contribution >= 0.6 is 0 Å². The van der Waals surface area contributed by atoms with E-state index in [-0.39, 0.29) is 17.9 Å². The first-order chi connectivity index (χ1) is 26.9. The van der Waals surface area contributed by atoms with E-state index in [1.54, 1.807) is 0 Å². The summed E-state index contributed by atoms with van der Waals surface area (Å²) in [6, 6.07) is 25.5. The van der Waals surface area contributed by atoms with Gasteiger partial charge in [0.1, 0.15) is 5.75 Å². The fraction of sp³-hybridized carbons (Fsp3) is 0.478. The van der Waals surface area contributed by atoms with Gasteiger partial charge in [-0.3, -0.25) is 9.59 Å². The molecule has 9 heteroatoms. The van der Waals surface area contributed by atoms with Crippen LogP contribution < -0.4 is 4.74 Å². The van der Waals surface area contributed by atoms with Gasteiger partial charge in [-0.25, -0.2) is 9.59 Å². The lowest BCUT2D eigenvalue weighted by atomic mass is 9.82. The number of rotatable bonds is 25. The van der Waals surface area contributed by atoms with Crippen LogP contribution in [0.25, 0.3) is 11.1 Å². The van der Waals surface area contributed by atoms with E-state index in [0.717, 1.165) is 94.4 Å². The molecule has 0 N–H and O–H groups in total. The Kier molecular flexibility index (Phi) is 19.8. The second-order valence-corrected chi connectivity index (χ2v) is 14.1.